The minimum atomic E-state index is -1.03. The molecule has 0 unspecified atom stereocenters. The van der Waals surface area contributed by atoms with Crippen molar-refractivity contribution in [1.29, 1.82) is 0 Å². The molecule has 0 heterocycles. The molecular weight excluding hydrogens is 274 g/mol. The topological polar surface area (TPSA) is 55.1 Å². The first-order valence-corrected chi connectivity index (χ1v) is 6.55. The van der Waals surface area contributed by atoms with Crippen LogP contribution in [-0.2, 0) is 6.42 Å². The Hall–Kier alpha value is -2.43. The van der Waals surface area contributed by atoms with Gasteiger partial charge in [-0.3, -0.25) is 4.79 Å². The molecule has 3 nitrogen and oxygen atoms in total. The smallest absolute Gasteiger partial charge is 0.251 e. The summed E-state index contributed by atoms with van der Waals surface area (Å²) < 4.78 is 25.8. The lowest BCUT2D eigenvalue weighted by molar-refractivity contribution is 0.0953. The molecular formula is C16H16F2N2O. The summed E-state index contributed by atoms with van der Waals surface area (Å²) in [5.41, 5.74) is 8.59. The molecule has 2 rings (SSSR count). The van der Waals surface area contributed by atoms with Crippen molar-refractivity contribution in [2.24, 2.45) is 0 Å². The normalized spacial score (nSPS) is 10.4. The standard InChI is InChI=1S/C16H16F2N2O/c1-10-8-11(2-5-15(10)19)6-7-20-16(21)12-3-4-13(17)14(18)9-12/h2-5,8-9H,6-7,19H2,1H3,(H,20,21). The van der Waals surface area contributed by atoms with Crippen LogP contribution in [0.1, 0.15) is 21.5 Å². The lowest BCUT2D eigenvalue weighted by Gasteiger charge is -2.07. The summed E-state index contributed by atoms with van der Waals surface area (Å²) in [5.74, 6) is -2.43. The van der Waals surface area contributed by atoms with Crippen LogP contribution in [0, 0.1) is 18.6 Å². The fourth-order valence-corrected chi connectivity index (χ4v) is 1.95. The van der Waals surface area contributed by atoms with E-state index >= 15 is 0 Å². The number of nitrogens with one attached hydrogen (secondary N) is 1. The van der Waals surface area contributed by atoms with E-state index < -0.39 is 17.5 Å². The quantitative estimate of drug-likeness (QED) is 0.851. The van der Waals surface area contributed by atoms with E-state index in [0.717, 1.165) is 28.9 Å². The van der Waals surface area contributed by atoms with Gasteiger partial charge >= 0.3 is 0 Å². The van der Waals surface area contributed by atoms with Crippen molar-refractivity contribution in [1.82, 2.24) is 5.32 Å². The average Bonchev–Trinajstić information content (AvgIpc) is 2.45. The summed E-state index contributed by atoms with van der Waals surface area (Å²) in [4.78, 5) is 11.8. The summed E-state index contributed by atoms with van der Waals surface area (Å²) in [6.07, 6.45) is 0.635. The van der Waals surface area contributed by atoms with E-state index in [2.05, 4.69) is 5.32 Å². The van der Waals surface area contributed by atoms with Gasteiger partial charge in [-0.15, -0.1) is 0 Å². The van der Waals surface area contributed by atoms with E-state index in [1.54, 1.807) is 0 Å². The zero-order chi connectivity index (χ0) is 15.4. The Morgan fingerprint density at radius 1 is 1.14 bits per heavy atom. The molecule has 0 spiro atoms. The monoisotopic (exact) mass is 290 g/mol. The Kier molecular flexibility index (Phi) is 4.52. The van der Waals surface area contributed by atoms with Gasteiger partial charge in [-0.1, -0.05) is 12.1 Å². The van der Waals surface area contributed by atoms with Crippen LogP contribution in [0.3, 0.4) is 0 Å². The Bertz CT molecular complexity index is 671. The molecule has 0 radical (unpaired) electrons. The van der Waals surface area contributed by atoms with E-state index in [1.165, 1.54) is 6.07 Å². The van der Waals surface area contributed by atoms with Gasteiger partial charge < -0.3 is 11.1 Å². The number of halogens is 2. The lowest BCUT2D eigenvalue weighted by Crippen LogP contribution is -2.25. The summed E-state index contributed by atoms with van der Waals surface area (Å²) in [6, 6.07) is 8.75. The van der Waals surface area contributed by atoms with Gasteiger partial charge in [0.15, 0.2) is 11.6 Å². The number of aryl methyl sites for hydroxylation is 1. The number of hydrogen-bond acceptors (Lipinski definition) is 2. The molecule has 0 bridgehead atoms. The Labute approximate surface area is 121 Å². The SMILES string of the molecule is Cc1cc(CCNC(=O)c2ccc(F)c(F)c2)ccc1N. The van der Waals surface area contributed by atoms with Crippen molar-refractivity contribution < 1.29 is 13.6 Å². The number of carbonyl (C=O) groups excluding carboxylic acids is 1. The van der Waals surface area contributed by atoms with Crippen LogP contribution >= 0.6 is 0 Å². The largest absolute Gasteiger partial charge is 0.399 e. The van der Waals surface area contributed by atoms with Crippen LogP contribution in [0.2, 0.25) is 0 Å². The number of nitrogens with two attached hydrogens (primary N) is 1. The summed E-state index contributed by atoms with van der Waals surface area (Å²) in [6.45, 7) is 2.32. The minimum Gasteiger partial charge on any atom is -0.399 e. The molecule has 0 aliphatic heterocycles. The molecule has 110 valence electrons. The second-order valence-electron chi connectivity index (χ2n) is 4.83. The van der Waals surface area contributed by atoms with Crippen molar-refractivity contribution in [3.8, 4) is 0 Å². The van der Waals surface area contributed by atoms with E-state index in [-0.39, 0.29) is 5.56 Å². The molecule has 2 aromatic carbocycles. The second-order valence-corrected chi connectivity index (χ2v) is 4.83. The first-order chi connectivity index (χ1) is 9.97. The summed E-state index contributed by atoms with van der Waals surface area (Å²) in [5, 5.41) is 2.67. The number of amides is 1. The maximum Gasteiger partial charge on any atom is 0.251 e. The summed E-state index contributed by atoms with van der Waals surface area (Å²) >= 11 is 0. The van der Waals surface area contributed by atoms with Crippen molar-refractivity contribution in [3.05, 3.63) is 64.7 Å². The van der Waals surface area contributed by atoms with Crippen molar-refractivity contribution >= 4 is 11.6 Å². The molecule has 3 N–H and O–H groups in total. The number of anilines is 1. The van der Waals surface area contributed by atoms with Gasteiger partial charge in [-0.05, 0) is 48.7 Å². The number of benzene rings is 2. The first-order valence-electron chi connectivity index (χ1n) is 6.55. The van der Waals surface area contributed by atoms with Crippen LogP contribution < -0.4 is 11.1 Å². The van der Waals surface area contributed by atoms with Gasteiger partial charge in [0.1, 0.15) is 0 Å². The Balaban J connectivity index is 1.92. The Morgan fingerprint density at radius 2 is 1.90 bits per heavy atom. The molecule has 0 saturated carbocycles. The van der Waals surface area contributed by atoms with Gasteiger partial charge in [0.25, 0.3) is 5.91 Å². The van der Waals surface area contributed by atoms with Gasteiger partial charge in [0.05, 0.1) is 0 Å². The average molecular weight is 290 g/mol. The third-order valence-electron chi connectivity index (χ3n) is 3.22. The highest BCUT2D eigenvalue weighted by atomic mass is 19.2. The molecule has 0 atom stereocenters. The van der Waals surface area contributed by atoms with Crippen molar-refractivity contribution in [3.63, 3.8) is 0 Å². The zero-order valence-electron chi connectivity index (χ0n) is 11.6. The molecule has 5 heteroatoms. The van der Waals surface area contributed by atoms with E-state index in [1.807, 2.05) is 25.1 Å². The highest BCUT2D eigenvalue weighted by Gasteiger charge is 2.09. The van der Waals surface area contributed by atoms with Crippen molar-refractivity contribution in [2.45, 2.75) is 13.3 Å². The number of carbonyl (C=O) groups is 1. The van der Waals surface area contributed by atoms with Gasteiger partial charge in [0.2, 0.25) is 0 Å². The second kappa shape index (κ2) is 6.35. The highest BCUT2D eigenvalue weighted by Crippen LogP contribution is 2.13. The van der Waals surface area contributed by atoms with E-state index in [0.29, 0.717) is 13.0 Å². The highest BCUT2D eigenvalue weighted by molar-refractivity contribution is 5.94. The number of hydrogen-bond donors (Lipinski definition) is 2. The van der Waals surface area contributed by atoms with E-state index in [9.17, 15) is 13.6 Å². The molecule has 0 aliphatic rings. The maximum absolute atomic E-state index is 13.0. The van der Waals surface area contributed by atoms with Gasteiger partial charge in [-0.25, -0.2) is 8.78 Å². The van der Waals surface area contributed by atoms with E-state index in [4.69, 9.17) is 5.73 Å². The molecule has 2 aromatic rings. The van der Waals surface area contributed by atoms with Gasteiger partial charge in [0, 0.05) is 17.8 Å². The first kappa shape index (κ1) is 15.0. The zero-order valence-corrected chi connectivity index (χ0v) is 11.6. The predicted molar refractivity (Wildman–Crippen MR) is 78.0 cm³/mol. The van der Waals surface area contributed by atoms with Crippen molar-refractivity contribution in [2.75, 3.05) is 12.3 Å². The molecule has 21 heavy (non-hydrogen) atoms. The number of nitrogen functional groups attached to an aromatic ring is 1. The van der Waals surface area contributed by atoms with Crippen LogP contribution in [0.4, 0.5) is 14.5 Å². The van der Waals surface area contributed by atoms with Gasteiger partial charge in [-0.2, -0.15) is 0 Å². The summed E-state index contributed by atoms with van der Waals surface area (Å²) in [7, 11) is 0. The molecule has 1 amide bonds. The minimum absolute atomic E-state index is 0.0994. The molecule has 0 saturated heterocycles. The lowest BCUT2D eigenvalue weighted by atomic mass is 10.1. The third-order valence-corrected chi connectivity index (χ3v) is 3.22. The molecule has 0 aliphatic carbocycles. The third kappa shape index (κ3) is 3.78. The fourth-order valence-electron chi connectivity index (χ4n) is 1.95. The maximum atomic E-state index is 13.0. The van der Waals surface area contributed by atoms with Crippen LogP contribution in [0.5, 0.6) is 0 Å². The number of rotatable bonds is 4. The Morgan fingerprint density at radius 3 is 2.57 bits per heavy atom. The predicted octanol–water partition coefficient (Wildman–Crippen LogP) is 2.83. The van der Waals surface area contributed by atoms with Crippen LogP contribution in [0.15, 0.2) is 36.4 Å². The van der Waals surface area contributed by atoms with Crippen LogP contribution in [-0.4, -0.2) is 12.5 Å². The fraction of sp³-hybridized carbons (Fsp3) is 0.188. The van der Waals surface area contributed by atoms with Crippen LogP contribution in [0.25, 0.3) is 0 Å². The molecule has 0 aromatic heterocycles. The molecule has 0 fully saturated rings.